The molecule has 0 atom stereocenters. The van der Waals surface area contributed by atoms with Crippen molar-refractivity contribution in [2.45, 2.75) is 6.42 Å². The maximum Gasteiger partial charge on any atom is 0.225 e. The molecule has 0 saturated carbocycles. The van der Waals surface area contributed by atoms with E-state index in [1.165, 1.54) is 5.69 Å². The molecule has 1 fully saturated rings. The zero-order valence-corrected chi connectivity index (χ0v) is 15.2. The van der Waals surface area contributed by atoms with Crippen LogP contribution >= 0.6 is 22.9 Å². The van der Waals surface area contributed by atoms with E-state index in [1.54, 1.807) is 11.3 Å². The number of amides is 1. The summed E-state index contributed by atoms with van der Waals surface area (Å²) in [6, 6.07) is 12.0. The molecule has 2 heterocycles. The number of carbonyl (C=O) groups is 1. The summed E-state index contributed by atoms with van der Waals surface area (Å²) in [6.07, 6.45) is 0.488. The number of benzene rings is 1. The molecular formula is C18H22ClN3OS. The maximum atomic E-state index is 11.9. The highest BCUT2D eigenvalue weighted by molar-refractivity contribution is 7.10. The van der Waals surface area contributed by atoms with Gasteiger partial charge in [0.2, 0.25) is 5.91 Å². The molecule has 24 heavy (non-hydrogen) atoms. The highest BCUT2D eigenvalue weighted by Gasteiger charge is 2.17. The monoisotopic (exact) mass is 363 g/mol. The van der Waals surface area contributed by atoms with E-state index < -0.39 is 0 Å². The summed E-state index contributed by atoms with van der Waals surface area (Å²) in [6.45, 7) is 5.66. The van der Waals surface area contributed by atoms with Crippen molar-refractivity contribution in [3.63, 3.8) is 0 Å². The van der Waals surface area contributed by atoms with E-state index in [4.69, 9.17) is 11.6 Å². The van der Waals surface area contributed by atoms with Gasteiger partial charge >= 0.3 is 0 Å². The molecule has 0 radical (unpaired) electrons. The Labute approximate surface area is 152 Å². The van der Waals surface area contributed by atoms with E-state index in [1.807, 2.05) is 29.6 Å². The maximum absolute atomic E-state index is 11.9. The smallest absolute Gasteiger partial charge is 0.225 e. The molecule has 1 saturated heterocycles. The van der Waals surface area contributed by atoms with Gasteiger partial charge in [0.1, 0.15) is 0 Å². The Kier molecular flexibility index (Phi) is 6.12. The minimum absolute atomic E-state index is 0.109. The first-order chi connectivity index (χ1) is 11.7. The number of hydrogen-bond donors (Lipinski definition) is 1. The molecule has 0 spiro atoms. The lowest BCUT2D eigenvalue weighted by Crippen LogP contribution is -2.48. The quantitative estimate of drug-likeness (QED) is 0.857. The summed E-state index contributed by atoms with van der Waals surface area (Å²) < 4.78 is 0. The van der Waals surface area contributed by atoms with Gasteiger partial charge in [-0.3, -0.25) is 9.69 Å². The SMILES string of the molecule is O=C(Cc1cccs1)NCCN1CCN(c2ccc(Cl)cc2)CC1. The Morgan fingerprint density at radius 2 is 1.88 bits per heavy atom. The van der Waals surface area contributed by atoms with Gasteiger partial charge in [-0.05, 0) is 35.7 Å². The number of halogens is 1. The van der Waals surface area contributed by atoms with E-state index in [9.17, 15) is 4.79 Å². The third kappa shape index (κ3) is 4.97. The van der Waals surface area contributed by atoms with Crippen molar-refractivity contribution < 1.29 is 4.79 Å². The van der Waals surface area contributed by atoms with Gasteiger partial charge in [0.25, 0.3) is 0 Å². The number of thiophene rings is 1. The fourth-order valence-electron chi connectivity index (χ4n) is 2.87. The molecule has 128 valence electrons. The standard InChI is InChI=1S/C18H22ClN3OS/c19-15-3-5-16(6-4-15)22-11-9-21(10-12-22)8-7-20-18(23)14-17-2-1-13-24-17/h1-6,13H,7-12,14H2,(H,20,23). The number of carbonyl (C=O) groups excluding carboxylic acids is 1. The lowest BCUT2D eigenvalue weighted by atomic mass is 10.2. The number of anilines is 1. The lowest BCUT2D eigenvalue weighted by Gasteiger charge is -2.36. The van der Waals surface area contributed by atoms with Crippen molar-refractivity contribution in [2.24, 2.45) is 0 Å². The van der Waals surface area contributed by atoms with Crippen LogP contribution in [0.25, 0.3) is 0 Å². The number of nitrogens with one attached hydrogen (secondary N) is 1. The molecule has 1 N–H and O–H groups in total. The van der Waals surface area contributed by atoms with Crippen LogP contribution in [-0.4, -0.2) is 50.1 Å². The van der Waals surface area contributed by atoms with E-state index in [0.29, 0.717) is 13.0 Å². The molecular weight excluding hydrogens is 342 g/mol. The molecule has 1 aromatic carbocycles. The minimum Gasteiger partial charge on any atom is -0.369 e. The van der Waals surface area contributed by atoms with Crippen molar-refractivity contribution in [3.05, 3.63) is 51.7 Å². The van der Waals surface area contributed by atoms with Gasteiger partial charge in [0, 0.05) is 54.9 Å². The third-order valence-corrected chi connectivity index (χ3v) is 5.36. The van der Waals surface area contributed by atoms with Crippen molar-refractivity contribution in [3.8, 4) is 0 Å². The van der Waals surface area contributed by atoms with Gasteiger partial charge in [0.15, 0.2) is 0 Å². The number of hydrogen-bond acceptors (Lipinski definition) is 4. The summed E-state index contributed by atoms with van der Waals surface area (Å²) in [7, 11) is 0. The average Bonchev–Trinajstić information content (AvgIpc) is 3.09. The Balaban J connectivity index is 1.35. The molecule has 1 aromatic heterocycles. The predicted octanol–water partition coefficient (Wildman–Crippen LogP) is 2.88. The van der Waals surface area contributed by atoms with Gasteiger partial charge in [0.05, 0.1) is 6.42 Å². The zero-order valence-electron chi connectivity index (χ0n) is 13.6. The molecule has 1 aliphatic heterocycles. The first-order valence-electron chi connectivity index (χ1n) is 8.23. The van der Waals surface area contributed by atoms with Crippen molar-refractivity contribution in [2.75, 3.05) is 44.2 Å². The first kappa shape index (κ1) is 17.3. The van der Waals surface area contributed by atoms with Gasteiger partial charge in [-0.1, -0.05) is 17.7 Å². The van der Waals surface area contributed by atoms with E-state index >= 15 is 0 Å². The summed E-state index contributed by atoms with van der Waals surface area (Å²) in [5.74, 6) is 0.109. The summed E-state index contributed by atoms with van der Waals surface area (Å²) in [5.41, 5.74) is 1.23. The minimum atomic E-state index is 0.109. The highest BCUT2D eigenvalue weighted by Crippen LogP contribution is 2.19. The van der Waals surface area contributed by atoms with Crippen LogP contribution in [0.3, 0.4) is 0 Å². The summed E-state index contributed by atoms with van der Waals surface area (Å²) >= 11 is 7.57. The van der Waals surface area contributed by atoms with E-state index in [-0.39, 0.29) is 5.91 Å². The Morgan fingerprint density at radius 1 is 1.12 bits per heavy atom. The molecule has 1 amide bonds. The highest BCUT2D eigenvalue weighted by atomic mass is 35.5. The number of nitrogens with zero attached hydrogens (tertiary/aromatic N) is 2. The van der Waals surface area contributed by atoms with Gasteiger partial charge < -0.3 is 10.2 Å². The molecule has 1 aliphatic rings. The molecule has 4 nitrogen and oxygen atoms in total. The molecule has 0 unspecified atom stereocenters. The second kappa shape index (κ2) is 8.51. The predicted molar refractivity (Wildman–Crippen MR) is 101 cm³/mol. The molecule has 0 aliphatic carbocycles. The summed E-state index contributed by atoms with van der Waals surface area (Å²) in [5, 5.41) is 5.79. The van der Waals surface area contributed by atoms with Crippen LogP contribution in [0.1, 0.15) is 4.88 Å². The second-order valence-corrected chi connectivity index (χ2v) is 7.38. The average molecular weight is 364 g/mol. The van der Waals surface area contributed by atoms with Crippen molar-refractivity contribution in [1.82, 2.24) is 10.2 Å². The van der Waals surface area contributed by atoms with Crippen molar-refractivity contribution >= 4 is 34.5 Å². The van der Waals surface area contributed by atoms with Crippen LogP contribution in [0.15, 0.2) is 41.8 Å². The summed E-state index contributed by atoms with van der Waals surface area (Å²) in [4.78, 5) is 17.8. The van der Waals surface area contributed by atoms with E-state index in [0.717, 1.165) is 42.6 Å². The van der Waals surface area contributed by atoms with Crippen LogP contribution in [0, 0.1) is 0 Å². The Hall–Kier alpha value is -1.56. The van der Waals surface area contributed by atoms with Gasteiger partial charge in [-0.25, -0.2) is 0 Å². The van der Waals surface area contributed by atoms with Crippen molar-refractivity contribution in [1.29, 1.82) is 0 Å². The fraction of sp³-hybridized carbons (Fsp3) is 0.389. The Morgan fingerprint density at radius 3 is 2.54 bits per heavy atom. The molecule has 2 aromatic rings. The van der Waals surface area contributed by atoms with Crippen LogP contribution in [0.4, 0.5) is 5.69 Å². The lowest BCUT2D eigenvalue weighted by molar-refractivity contribution is -0.120. The van der Waals surface area contributed by atoms with Crippen LogP contribution in [-0.2, 0) is 11.2 Å². The largest absolute Gasteiger partial charge is 0.369 e. The van der Waals surface area contributed by atoms with Gasteiger partial charge in [-0.15, -0.1) is 11.3 Å². The fourth-order valence-corrected chi connectivity index (χ4v) is 3.70. The molecule has 0 bridgehead atoms. The van der Waals surface area contributed by atoms with Crippen LogP contribution in [0.2, 0.25) is 5.02 Å². The molecule has 6 heteroatoms. The second-order valence-electron chi connectivity index (χ2n) is 5.91. The van der Waals surface area contributed by atoms with Crippen LogP contribution in [0.5, 0.6) is 0 Å². The van der Waals surface area contributed by atoms with Gasteiger partial charge in [-0.2, -0.15) is 0 Å². The third-order valence-electron chi connectivity index (χ3n) is 4.23. The van der Waals surface area contributed by atoms with Crippen LogP contribution < -0.4 is 10.2 Å². The first-order valence-corrected chi connectivity index (χ1v) is 9.48. The zero-order chi connectivity index (χ0) is 16.8. The number of piperazine rings is 1. The normalized spacial score (nSPS) is 15.5. The number of rotatable bonds is 6. The molecule has 3 rings (SSSR count). The topological polar surface area (TPSA) is 35.6 Å². The Bertz CT molecular complexity index is 637. The van der Waals surface area contributed by atoms with E-state index in [2.05, 4.69) is 27.2 Å².